The lowest BCUT2D eigenvalue weighted by Gasteiger charge is -2.12. The number of nitrogens with one attached hydrogen (secondary N) is 2. The monoisotopic (exact) mass is 257 g/mol. The van der Waals surface area contributed by atoms with Gasteiger partial charge in [0.05, 0.1) is 0 Å². The number of aromatic nitrogens is 2. The SMILES string of the molecule is CCc1c(NN)ncnc1NCc1ccc(C)cc1. The second-order valence-electron chi connectivity index (χ2n) is 4.39. The number of nitrogens with two attached hydrogens (primary N) is 1. The van der Waals surface area contributed by atoms with Crippen LogP contribution in [0.4, 0.5) is 11.6 Å². The molecule has 19 heavy (non-hydrogen) atoms. The summed E-state index contributed by atoms with van der Waals surface area (Å²) in [6.45, 7) is 4.86. The highest BCUT2D eigenvalue weighted by atomic mass is 15.3. The van der Waals surface area contributed by atoms with Crippen molar-refractivity contribution in [2.75, 3.05) is 10.7 Å². The van der Waals surface area contributed by atoms with E-state index in [-0.39, 0.29) is 0 Å². The van der Waals surface area contributed by atoms with Crippen molar-refractivity contribution >= 4 is 11.6 Å². The number of rotatable bonds is 5. The average molecular weight is 257 g/mol. The quantitative estimate of drug-likeness (QED) is 0.566. The summed E-state index contributed by atoms with van der Waals surface area (Å²) in [4.78, 5) is 8.38. The van der Waals surface area contributed by atoms with Crippen LogP contribution in [0.2, 0.25) is 0 Å². The molecule has 100 valence electrons. The molecule has 4 N–H and O–H groups in total. The Balaban J connectivity index is 2.13. The van der Waals surface area contributed by atoms with Gasteiger partial charge in [0.1, 0.15) is 18.0 Å². The molecule has 1 aromatic heterocycles. The second-order valence-corrected chi connectivity index (χ2v) is 4.39. The summed E-state index contributed by atoms with van der Waals surface area (Å²) in [5, 5.41) is 3.33. The number of anilines is 2. The highest BCUT2D eigenvalue weighted by Gasteiger charge is 2.08. The molecule has 0 radical (unpaired) electrons. The molecule has 0 saturated heterocycles. The van der Waals surface area contributed by atoms with Crippen molar-refractivity contribution in [2.24, 2.45) is 5.84 Å². The lowest BCUT2D eigenvalue weighted by atomic mass is 10.1. The molecule has 0 unspecified atom stereocenters. The van der Waals surface area contributed by atoms with E-state index in [0.29, 0.717) is 5.82 Å². The lowest BCUT2D eigenvalue weighted by Crippen LogP contribution is -2.14. The van der Waals surface area contributed by atoms with Gasteiger partial charge in [-0.3, -0.25) is 0 Å². The van der Waals surface area contributed by atoms with E-state index in [0.717, 1.165) is 24.3 Å². The molecule has 1 aromatic carbocycles. The standard InChI is InChI=1S/C14H19N5/c1-3-12-13(17-9-18-14(12)19-15)16-8-11-6-4-10(2)5-7-11/h4-7,9H,3,8,15H2,1-2H3,(H2,16,17,18,19). The predicted octanol–water partition coefficient (Wildman–Crippen LogP) is 2.25. The van der Waals surface area contributed by atoms with Gasteiger partial charge in [0.15, 0.2) is 0 Å². The van der Waals surface area contributed by atoms with E-state index in [2.05, 4.69) is 58.8 Å². The fraction of sp³-hybridized carbons (Fsp3) is 0.286. The molecule has 0 fully saturated rings. The third-order valence-corrected chi connectivity index (χ3v) is 3.02. The maximum Gasteiger partial charge on any atom is 0.148 e. The fourth-order valence-electron chi connectivity index (χ4n) is 1.92. The topological polar surface area (TPSA) is 75.9 Å². The van der Waals surface area contributed by atoms with Crippen molar-refractivity contribution in [3.05, 3.63) is 47.3 Å². The summed E-state index contributed by atoms with van der Waals surface area (Å²) in [5.74, 6) is 6.95. The van der Waals surface area contributed by atoms with Gasteiger partial charge in [-0.05, 0) is 18.9 Å². The van der Waals surface area contributed by atoms with E-state index in [1.54, 1.807) is 0 Å². The highest BCUT2D eigenvalue weighted by Crippen LogP contribution is 2.20. The fourth-order valence-corrected chi connectivity index (χ4v) is 1.92. The van der Waals surface area contributed by atoms with Crippen LogP contribution in [0.5, 0.6) is 0 Å². The number of aryl methyl sites for hydroxylation is 1. The van der Waals surface area contributed by atoms with Crippen molar-refractivity contribution in [3.63, 3.8) is 0 Å². The van der Waals surface area contributed by atoms with Gasteiger partial charge in [0.25, 0.3) is 0 Å². The van der Waals surface area contributed by atoms with Gasteiger partial charge in [0.2, 0.25) is 0 Å². The molecule has 0 bridgehead atoms. The van der Waals surface area contributed by atoms with Gasteiger partial charge in [0, 0.05) is 12.1 Å². The van der Waals surface area contributed by atoms with Gasteiger partial charge < -0.3 is 10.7 Å². The highest BCUT2D eigenvalue weighted by molar-refractivity contribution is 5.56. The summed E-state index contributed by atoms with van der Waals surface area (Å²) in [6, 6.07) is 8.42. The third-order valence-electron chi connectivity index (χ3n) is 3.02. The Morgan fingerprint density at radius 1 is 1.11 bits per heavy atom. The minimum Gasteiger partial charge on any atom is -0.366 e. The molecule has 0 saturated carbocycles. The van der Waals surface area contributed by atoms with Crippen LogP contribution in [0.15, 0.2) is 30.6 Å². The van der Waals surface area contributed by atoms with Crippen LogP contribution in [0.25, 0.3) is 0 Å². The molecule has 0 aliphatic heterocycles. The van der Waals surface area contributed by atoms with E-state index in [9.17, 15) is 0 Å². The van der Waals surface area contributed by atoms with Crippen LogP contribution < -0.4 is 16.6 Å². The van der Waals surface area contributed by atoms with Crippen molar-refractivity contribution in [2.45, 2.75) is 26.8 Å². The van der Waals surface area contributed by atoms with E-state index in [4.69, 9.17) is 5.84 Å². The zero-order valence-electron chi connectivity index (χ0n) is 11.3. The van der Waals surface area contributed by atoms with Crippen LogP contribution in [0.3, 0.4) is 0 Å². The van der Waals surface area contributed by atoms with Crippen LogP contribution in [0, 0.1) is 6.92 Å². The predicted molar refractivity (Wildman–Crippen MR) is 77.7 cm³/mol. The van der Waals surface area contributed by atoms with E-state index in [1.165, 1.54) is 17.5 Å². The third kappa shape index (κ3) is 3.20. The Morgan fingerprint density at radius 2 is 1.79 bits per heavy atom. The molecule has 0 amide bonds. The minimum atomic E-state index is 0.670. The Morgan fingerprint density at radius 3 is 2.42 bits per heavy atom. The molecule has 1 heterocycles. The summed E-state index contributed by atoms with van der Waals surface area (Å²) in [5.41, 5.74) is 6.07. The van der Waals surface area contributed by atoms with E-state index < -0.39 is 0 Å². The molecule has 0 aliphatic rings. The molecular weight excluding hydrogens is 238 g/mol. The molecule has 5 nitrogen and oxygen atoms in total. The summed E-state index contributed by atoms with van der Waals surface area (Å²) >= 11 is 0. The van der Waals surface area contributed by atoms with Crippen molar-refractivity contribution in [1.82, 2.24) is 9.97 Å². The number of benzene rings is 1. The maximum atomic E-state index is 5.45. The van der Waals surface area contributed by atoms with Gasteiger partial charge in [-0.25, -0.2) is 15.8 Å². The normalized spacial score (nSPS) is 10.3. The van der Waals surface area contributed by atoms with Crippen molar-refractivity contribution in [1.29, 1.82) is 0 Å². The van der Waals surface area contributed by atoms with Gasteiger partial charge >= 0.3 is 0 Å². The number of nitrogen functional groups attached to an aromatic ring is 1. The van der Waals surface area contributed by atoms with Crippen LogP contribution in [-0.2, 0) is 13.0 Å². The van der Waals surface area contributed by atoms with Crippen molar-refractivity contribution in [3.8, 4) is 0 Å². The number of hydrogen-bond acceptors (Lipinski definition) is 5. The molecule has 0 spiro atoms. The van der Waals surface area contributed by atoms with Gasteiger partial charge in [-0.2, -0.15) is 0 Å². The second kappa shape index (κ2) is 6.15. The Bertz CT molecular complexity index is 536. The Hall–Kier alpha value is -2.14. The van der Waals surface area contributed by atoms with Gasteiger partial charge in [-0.1, -0.05) is 36.8 Å². The number of hydrazine groups is 1. The lowest BCUT2D eigenvalue weighted by molar-refractivity contribution is 1.00. The number of hydrogen-bond donors (Lipinski definition) is 3. The average Bonchev–Trinajstić information content (AvgIpc) is 2.46. The first-order chi connectivity index (χ1) is 9.24. The van der Waals surface area contributed by atoms with E-state index >= 15 is 0 Å². The first kappa shape index (κ1) is 13.3. The molecule has 2 aromatic rings. The zero-order chi connectivity index (χ0) is 13.7. The van der Waals surface area contributed by atoms with Gasteiger partial charge in [-0.15, -0.1) is 0 Å². The first-order valence-electron chi connectivity index (χ1n) is 6.34. The van der Waals surface area contributed by atoms with Crippen LogP contribution >= 0.6 is 0 Å². The zero-order valence-corrected chi connectivity index (χ0v) is 11.3. The molecule has 0 aliphatic carbocycles. The molecule has 0 atom stereocenters. The smallest absolute Gasteiger partial charge is 0.148 e. The molecule has 2 rings (SSSR count). The van der Waals surface area contributed by atoms with Crippen molar-refractivity contribution < 1.29 is 0 Å². The molecule has 5 heteroatoms. The largest absolute Gasteiger partial charge is 0.366 e. The van der Waals surface area contributed by atoms with E-state index in [1.807, 2.05) is 0 Å². The summed E-state index contributed by atoms with van der Waals surface area (Å²) in [6.07, 6.45) is 2.32. The summed E-state index contributed by atoms with van der Waals surface area (Å²) in [7, 11) is 0. The summed E-state index contributed by atoms with van der Waals surface area (Å²) < 4.78 is 0. The Kier molecular flexibility index (Phi) is 4.30. The first-order valence-corrected chi connectivity index (χ1v) is 6.34. The van der Waals surface area contributed by atoms with Crippen LogP contribution in [0.1, 0.15) is 23.6 Å². The minimum absolute atomic E-state index is 0.670. The number of nitrogens with zero attached hydrogens (tertiary/aromatic N) is 2. The Labute approximate surface area is 113 Å². The van der Waals surface area contributed by atoms with Crippen LogP contribution in [-0.4, -0.2) is 9.97 Å². The maximum absolute atomic E-state index is 5.45. The molecular formula is C14H19N5.